The number of likely N-dealkylation sites (tertiary alicyclic amines) is 2. The highest BCUT2D eigenvalue weighted by Crippen LogP contribution is 2.41. The Bertz CT molecular complexity index is 1380. The maximum absolute atomic E-state index is 13.3. The normalized spacial score (nSPS) is 16.3. The molecule has 0 aliphatic carbocycles. The summed E-state index contributed by atoms with van der Waals surface area (Å²) in [6.45, 7) is 2.77. The van der Waals surface area contributed by atoms with E-state index in [0.29, 0.717) is 49.3 Å². The van der Waals surface area contributed by atoms with E-state index in [2.05, 4.69) is 25.6 Å². The predicted octanol–water partition coefficient (Wildman–Crippen LogP) is 5.52. The van der Waals surface area contributed by atoms with Gasteiger partial charge in [0.05, 0.1) is 0 Å². The van der Waals surface area contributed by atoms with E-state index in [1.54, 1.807) is 18.3 Å². The van der Waals surface area contributed by atoms with Gasteiger partial charge in [-0.1, -0.05) is 42.5 Å². The number of hydrogen-bond donors (Lipinski definition) is 2. The maximum atomic E-state index is 13.3. The molecule has 2 fully saturated rings. The Morgan fingerprint density at radius 3 is 1.73 bits per heavy atom. The second-order valence-corrected chi connectivity index (χ2v) is 10.7. The number of piperidine rings is 2. The van der Waals surface area contributed by atoms with Crippen LogP contribution in [-0.2, 0) is 0 Å². The molecule has 4 aromatic rings. The van der Waals surface area contributed by atoms with E-state index in [4.69, 9.17) is 0 Å². The zero-order valence-corrected chi connectivity index (χ0v) is 22.9. The largest absolute Gasteiger partial charge is 0.340 e. The van der Waals surface area contributed by atoms with Crippen LogP contribution in [0.3, 0.4) is 0 Å². The summed E-state index contributed by atoms with van der Waals surface area (Å²) < 4.78 is 0. The highest BCUT2D eigenvalue weighted by Gasteiger charge is 2.40. The number of pyridine rings is 1. The molecular formula is C32H33N7O2. The summed E-state index contributed by atoms with van der Waals surface area (Å²) in [5.74, 6) is 0.955. The Balaban J connectivity index is 1.02. The van der Waals surface area contributed by atoms with Gasteiger partial charge in [0.2, 0.25) is 5.95 Å². The minimum absolute atomic E-state index is 0.0344. The molecule has 9 nitrogen and oxygen atoms in total. The van der Waals surface area contributed by atoms with Gasteiger partial charge in [0.1, 0.15) is 17.2 Å². The third-order valence-electron chi connectivity index (χ3n) is 8.14. The Labute approximate surface area is 239 Å². The summed E-state index contributed by atoms with van der Waals surface area (Å²) in [6, 6.07) is 26.6. The van der Waals surface area contributed by atoms with Crippen LogP contribution in [0.15, 0.2) is 91.1 Å². The molecule has 2 amide bonds. The molecule has 2 aliphatic rings. The van der Waals surface area contributed by atoms with Crippen molar-refractivity contribution in [3.8, 4) is 0 Å². The lowest BCUT2D eigenvalue weighted by Crippen LogP contribution is -2.49. The molecule has 2 N–H and O–H groups in total. The molecule has 0 bridgehead atoms. The first kappa shape index (κ1) is 26.4. The van der Waals surface area contributed by atoms with Crippen molar-refractivity contribution in [2.75, 3.05) is 36.8 Å². The smallest absolute Gasteiger partial charge is 0.272 e. The molecule has 0 radical (unpaired) electrons. The van der Waals surface area contributed by atoms with Crippen LogP contribution in [-0.4, -0.2) is 62.7 Å². The van der Waals surface area contributed by atoms with Gasteiger partial charge in [-0.3, -0.25) is 9.59 Å². The average Bonchev–Trinajstić information content (AvgIpc) is 3.02. The van der Waals surface area contributed by atoms with E-state index in [-0.39, 0.29) is 17.2 Å². The number of aromatic nitrogens is 3. The van der Waals surface area contributed by atoms with Gasteiger partial charge < -0.3 is 20.4 Å². The molecule has 2 aromatic heterocycles. The minimum atomic E-state index is -0.0685. The highest BCUT2D eigenvalue weighted by molar-refractivity contribution is 5.93. The van der Waals surface area contributed by atoms with Gasteiger partial charge in [-0.15, -0.1) is 0 Å². The van der Waals surface area contributed by atoms with Crippen LogP contribution in [0.2, 0.25) is 0 Å². The number of nitrogens with zero attached hydrogens (tertiary/aromatic N) is 5. The van der Waals surface area contributed by atoms with Gasteiger partial charge in [-0.25, -0.2) is 15.0 Å². The Morgan fingerprint density at radius 1 is 0.610 bits per heavy atom. The lowest BCUT2D eigenvalue weighted by atomic mass is 9.71. The molecule has 2 saturated heterocycles. The Morgan fingerprint density at radius 2 is 1.15 bits per heavy atom. The topological polar surface area (TPSA) is 103 Å². The fourth-order valence-electron chi connectivity index (χ4n) is 5.67. The molecule has 2 aromatic carbocycles. The number of anilines is 4. The molecule has 1 spiro atoms. The van der Waals surface area contributed by atoms with E-state index < -0.39 is 0 Å². The van der Waals surface area contributed by atoms with Crippen molar-refractivity contribution >= 4 is 35.0 Å². The summed E-state index contributed by atoms with van der Waals surface area (Å²) in [5.41, 5.74) is 2.80. The van der Waals surface area contributed by atoms with Crippen LogP contribution in [0.5, 0.6) is 0 Å². The fourth-order valence-corrected chi connectivity index (χ4v) is 5.67. The summed E-state index contributed by atoms with van der Waals surface area (Å²) >= 11 is 0. The number of hydrogen-bond acceptors (Lipinski definition) is 7. The van der Waals surface area contributed by atoms with Gasteiger partial charge in [-0.2, -0.15) is 0 Å². The SMILES string of the molecule is O=C(c1cccc(Nc2ccccc2)n1)N1CCC2(CC1)CCN(C(=O)c1ccnc(Nc3ccccc3)n1)CC2. The molecular weight excluding hydrogens is 514 g/mol. The van der Waals surface area contributed by atoms with Crippen molar-refractivity contribution in [3.05, 3.63) is 103 Å². The van der Waals surface area contributed by atoms with E-state index >= 15 is 0 Å². The predicted molar refractivity (Wildman–Crippen MR) is 158 cm³/mol. The van der Waals surface area contributed by atoms with Crippen molar-refractivity contribution in [1.82, 2.24) is 24.8 Å². The van der Waals surface area contributed by atoms with Gasteiger partial charge in [0.25, 0.3) is 11.8 Å². The third-order valence-corrected chi connectivity index (χ3v) is 8.14. The molecule has 2 aliphatic heterocycles. The van der Waals surface area contributed by atoms with Gasteiger partial charge in [0, 0.05) is 43.8 Å². The van der Waals surface area contributed by atoms with Crippen LogP contribution < -0.4 is 10.6 Å². The number of benzene rings is 2. The molecule has 0 atom stereocenters. The number of para-hydroxylation sites is 2. The van der Waals surface area contributed by atoms with E-state index in [0.717, 1.165) is 37.1 Å². The molecule has 41 heavy (non-hydrogen) atoms. The zero-order valence-electron chi connectivity index (χ0n) is 22.9. The van der Waals surface area contributed by atoms with Crippen molar-refractivity contribution in [2.45, 2.75) is 25.7 Å². The van der Waals surface area contributed by atoms with Gasteiger partial charge in [0.15, 0.2) is 0 Å². The Kier molecular flexibility index (Phi) is 7.58. The van der Waals surface area contributed by atoms with E-state index in [1.165, 1.54) is 0 Å². The number of rotatable bonds is 6. The van der Waals surface area contributed by atoms with Crippen LogP contribution in [0.25, 0.3) is 0 Å². The van der Waals surface area contributed by atoms with E-state index in [1.807, 2.05) is 82.6 Å². The first-order chi connectivity index (χ1) is 20.1. The minimum Gasteiger partial charge on any atom is -0.340 e. The van der Waals surface area contributed by atoms with Gasteiger partial charge >= 0.3 is 0 Å². The standard InChI is InChI=1S/C32H33N7O2/c40-29(26-12-7-13-28(36-26)34-24-8-3-1-4-9-24)38-20-15-32(16-21-38)17-22-39(23-18-32)30(41)27-14-19-33-31(37-27)35-25-10-5-2-6-11-25/h1-14,19H,15-18,20-23H2,(H,34,36)(H,33,35,37). The Hall–Kier alpha value is -4.79. The van der Waals surface area contributed by atoms with Crippen molar-refractivity contribution in [1.29, 1.82) is 0 Å². The second kappa shape index (κ2) is 11.8. The molecule has 0 unspecified atom stereocenters. The molecule has 6 rings (SSSR count). The molecule has 4 heterocycles. The first-order valence-corrected chi connectivity index (χ1v) is 14.1. The van der Waals surface area contributed by atoms with Gasteiger partial charge in [-0.05, 0) is 73.6 Å². The lowest BCUT2D eigenvalue weighted by molar-refractivity contribution is 0.0276. The summed E-state index contributed by atoms with van der Waals surface area (Å²) in [6.07, 6.45) is 5.33. The summed E-state index contributed by atoms with van der Waals surface area (Å²) in [5, 5.41) is 6.42. The number of carbonyl (C=O) groups is 2. The van der Waals surface area contributed by atoms with Crippen LogP contribution in [0, 0.1) is 5.41 Å². The fraction of sp³-hybridized carbons (Fsp3) is 0.281. The zero-order chi connectivity index (χ0) is 28.1. The number of nitrogens with one attached hydrogen (secondary N) is 2. The molecule has 9 heteroatoms. The molecule has 0 saturated carbocycles. The second-order valence-electron chi connectivity index (χ2n) is 10.7. The monoisotopic (exact) mass is 547 g/mol. The third kappa shape index (κ3) is 6.19. The lowest BCUT2D eigenvalue weighted by Gasteiger charge is -2.46. The summed E-state index contributed by atoms with van der Waals surface area (Å²) in [4.78, 5) is 43.7. The highest BCUT2D eigenvalue weighted by atomic mass is 16.2. The van der Waals surface area contributed by atoms with E-state index in [9.17, 15) is 9.59 Å². The quantitative estimate of drug-likeness (QED) is 0.328. The maximum Gasteiger partial charge on any atom is 0.272 e. The number of carbonyl (C=O) groups excluding carboxylic acids is 2. The van der Waals surface area contributed by atoms with Crippen LogP contribution in [0.1, 0.15) is 46.7 Å². The average molecular weight is 548 g/mol. The van der Waals surface area contributed by atoms with Crippen molar-refractivity contribution in [3.63, 3.8) is 0 Å². The number of amides is 2. The first-order valence-electron chi connectivity index (χ1n) is 14.1. The van der Waals surface area contributed by atoms with Crippen molar-refractivity contribution < 1.29 is 9.59 Å². The van der Waals surface area contributed by atoms with Crippen LogP contribution in [0.4, 0.5) is 23.1 Å². The summed E-state index contributed by atoms with van der Waals surface area (Å²) in [7, 11) is 0. The molecule has 208 valence electrons. The van der Waals surface area contributed by atoms with Crippen LogP contribution >= 0.6 is 0 Å². The van der Waals surface area contributed by atoms with Crippen molar-refractivity contribution in [2.24, 2.45) is 5.41 Å².